The molecule has 0 spiro atoms. The first-order valence-corrected chi connectivity index (χ1v) is 7.68. The van der Waals surface area contributed by atoms with Crippen LogP contribution in [0, 0.1) is 0 Å². The van der Waals surface area contributed by atoms with Crippen molar-refractivity contribution in [1.82, 2.24) is 14.4 Å². The summed E-state index contributed by atoms with van der Waals surface area (Å²) in [4.78, 5) is 9.08. The molecule has 21 heavy (non-hydrogen) atoms. The van der Waals surface area contributed by atoms with Crippen molar-refractivity contribution in [3.05, 3.63) is 18.6 Å². The molecule has 2 unspecified atom stereocenters. The molecule has 2 heterocycles. The average molecular weight is 289 g/mol. The van der Waals surface area contributed by atoms with E-state index in [9.17, 15) is 0 Å². The van der Waals surface area contributed by atoms with E-state index in [4.69, 9.17) is 4.74 Å². The molecule has 0 bridgehead atoms. The van der Waals surface area contributed by atoms with Gasteiger partial charge in [-0.1, -0.05) is 6.92 Å². The van der Waals surface area contributed by atoms with E-state index in [1.54, 1.807) is 13.3 Å². The number of anilines is 2. The first-order valence-electron chi connectivity index (χ1n) is 7.68. The van der Waals surface area contributed by atoms with E-state index in [0.717, 1.165) is 43.1 Å². The standard InChI is InChI=1S/C15H23N5O/c1-3-7-16-13-10-20-9-8-17-15(20)14(19-13)18-11-5-4-6-12(11)21-2/h8-12,16H,3-7H2,1-2H3,(H,18,19). The molecule has 0 aliphatic heterocycles. The smallest absolute Gasteiger partial charge is 0.180 e. The monoisotopic (exact) mass is 289 g/mol. The van der Waals surface area contributed by atoms with Gasteiger partial charge in [0.15, 0.2) is 11.5 Å². The van der Waals surface area contributed by atoms with E-state index in [-0.39, 0.29) is 6.10 Å². The van der Waals surface area contributed by atoms with E-state index in [0.29, 0.717) is 6.04 Å². The van der Waals surface area contributed by atoms with Gasteiger partial charge in [0.2, 0.25) is 0 Å². The predicted molar refractivity (Wildman–Crippen MR) is 83.8 cm³/mol. The quantitative estimate of drug-likeness (QED) is 0.855. The van der Waals surface area contributed by atoms with Crippen LogP contribution in [-0.2, 0) is 4.74 Å². The van der Waals surface area contributed by atoms with E-state index in [1.165, 1.54) is 6.42 Å². The fourth-order valence-corrected chi connectivity index (χ4v) is 2.92. The van der Waals surface area contributed by atoms with Crippen LogP contribution in [-0.4, -0.2) is 40.2 Å². The number of methoxy groups -OCH3 is 1. The van der Waals surface area contributed by atoms with Crippen molar-refractivity contribution in [1.29, 1.82) is 0 Å². The zero-order valence-electron chi connectivity index (χ0n) is 12.7. The lowest BCUT2D eigenvalue weighted by atomic mass is 10.2. The van der Waals surface area contributed by atoms with Crippen molar-refractivity contribution in [3.8, 4) is 0 Å². The number of imidazole rings is 1. The normalized spacial score (nSPS) is 21.8. The van der Waals surface area contributed by atoms with Crippen LogP contribution >= 0.6 is 0 Å². The van der Waals surface area contributed by atoms with Crippen molar-refractivity contribution in [2.24, 2.45) is 0 Å². The Morgan fingerprint density at radius 3 is 3.14 bits per heavy atom. The molecule has 0 amide bonds. The van der Waals surface area contributed by atoms with Crippen molar-refractivity contribution in [3.63, 3.8) is 0 Å². The lowest BCUT2D eigenvalue weighted by Gasteiger charge is -2.21. The van der Waals surface area contributed by atoms with Crippen LogP contribution in [0.4, 0.5) is 11.6 Å². The van der Waals surface area contributed by atoms with Crippen molar-refractivity contribution in [2.75, 3.05) is 24.3 Å². The van der Waals surface area contributed by atoms with Gasteiger partial charge in [0.1, 0.15) is 5.82 Å². The van der Waals surface area contributed by atoms with Crippen LogP contribution in [0.15, 0.2) is 18.6 Å². The zero-order chi connectivity index (χ0) is 14.7. The second kappa shape index (κ2) is 6.30. The second-order valence-electron chi connectivity index (χ2n) is 5.52. The van der Waals surface area contributed by atoms with Crippen molar-refractivity contribution >= 4 is 17.3 Å². The summed E-state index contributed by atoms with van der Waals surface area (Å²) in [7, 11) is 1.78. The Labute approximate surface area is 124 Å². The fraction of sp³-hybridized carbons (Fsp3) is 0.600. The predicted octanol–water partition coefficient (Wildman–Crippen LogP) is 2.53. The van der Waals surface area contributed by atoms with Crippen molar-refractivity contribution < 1.29 is 4.74 Å². The summed E-state index contributed by atoms with van der Waals surface area (Å²) >= 11 is 0. The van der Waals surface area contributed by atoms with Gasteiger partial charge in [0.05, 0.1) is 18.3 Å². The molecule has 114 valence electrons. The lowest BCUT2D eigenvalue weighted by Crippen LogP contribution is -2.30. The highest BCUT2D eigenvalue weighted by atomic mass is 16.5. The number of hydrogen-bond donors (Lipinski definition) is 2. The lowest BCUT2D eigenvalue weighted by molar-refractivity contribution is 0.101. The Balaban J connectivity index is 1.87. The highest BCUT2D eigenvalue weighted by molar-refractivity contribution is 5.65. The van der Waals surface area contributed by atoms with Gasteiger partial charge in [-0.25, -0.2) is 9.97 Å². The number of nitrogens with one attached hydrogen (secondary N) is 2. The van der Waals surface area contributed by atoms with Gasteiger partial charge in [0.25, 0.3) is 0 Å². The van der Waals surface area contributed by atoms with E-state index in [2.05, 4.69) is 27.5 Å². The molecule has 6 nitrogen and oxygen atoms in total. The number of nitrogens with zero attached hydrogens (tertiary/aromatic N) is 3. The minimum Gasteiger partial charge on any atom is -0.379 e. The van der Waals surface area contributed by atoms with Gasteiger partial charge >= 0.3 is 0 Å². The molecule has 1 fully saturated rings. The first-order chi connectivity index (χ1) is 10.3. The first kappa shape index (κ1) is 14.1. The van der Waals surface area contributed by atoms with Crippen LogP contribution in [0.2, 0.25) is 0 Å². The van der Waals surface area contributed by atoms with Gasteiger partial charge in [-0.15, -0.1) is 0 Å². The Hall–Kier alpha value is -1.82. The zero-order valence-corrected chi connectivity index (χ0v) is 12.7. The second-order valence-corrected chi connectivity index (χ2v) is 5.52. The highest BCUT2D eigenvalue weighted by Gasteiger charge is 2.28. The third-order valence-electron chi connectivity index (χ3n) is 4.01. The Morgan fingerprint density at radius 2 is 2.33 bits per heavy atom. The van der Waals surface area contributed by atoms with Crippen molar-refractivity contribution in [2.45, 2.75) is 44.8 Å². The molecule has 1 saturated carbocycles. The molecule has 2 atom stereocenters. The molecular weight excluding hydrogens is 266 g/mol. The number of rotatable bonds is 6. The highest BCUT2D eigenvalue weighted by Crippen LogP contribution is 2.26. The van der Waals surface area contributed by atoms with Crippen LogP contribution in [0.25, 0.3) is 5.65 Å². The molecule has 2 aromatic rings. The maximum absolute atomic E-state index is 5.55. The number of hydrogen-bond acceptors (Lipinski definition) is 5. The number of ether oxygens (including phenoxy) is 1. The molecule has 3 rings (SSSR count). The van der Waals surface area contributed by atoms with Gasteiger partial charge in [0, 0.05) is 26.0 Å². The summed E-state index contributed by atoms with van der Waals surface area (Å²) in [5, 5.41) is 6.86. The summed E-state index contributed by atoms with van der Waals surface area (Å²) in [5.41, 5.74) is 0.860. The van der Waals surface area contributed by atoms with Crippen LogP contribution < -0.4 is 10.6 Å². The molecular formula is C15H23N5O. The molecule has 1 aliphatic rings. The van der Waals surface area contributed by atoms with E-state index < -0.39 is 0 Å². The third kappa shape index (κ3) is 2.95. The summed E-state index contributed by atoms with van der Waals surface area (Å²) in [6.45, 7) is 3.06. The molecule has 6 heteroatoms. The van der Waals surface area contributed by atoms with E-state index >= 15 is 0 Å². The number of aromatic nitrogens is 3. The van der Waals surface area contributed by atoms with Crippen LogP contribution in [0.1, 0.15) is 32.6 Å². The fourth-order valence-electron chi connectivity index (χ4n) is 2.92. The molecule has 2 aromatic heterocycles. The van der Waals surface area contributed by atoms with Gasteiger partial charge in [-0.2, -0.15) is 0 Å². The Kier molecular flexibility index (Phi) is 4.24. The molecule has 0 saturated heterocycles. The molecule has 1 aliphatic carbocycles. The minimum absolute atomic E-state index is 0.258. The molecule has 2 N–H and O–H groups in total. The Bertz CT molecular complexity index is 597. The van der Waals surface area contributed by atoms with Gasteiger partial charge in [-0.3, -0.25) is 0 Å². The topological polar surface area (TPSA) is 63.5 Å². The average Bonchev–Trinajstić information content (AvgIpc) is 3.13. The molecule has 0 radical (unpaired) electrons. The molecule has 0 aromatic carbocycles. The number of fused-ring (bicyclic) bond motifs is 1. The van der Waals surface area contributed by atoms with Gasteiger partial charge < -0.3 is 19.8 Å². The van der Waals surface area contributed by atoms with Gasteiger partial charge in [-0.05, 0) is 25.7 Å². The largest absolute Gasteiger partial charge is 0.379 e. The minimum atomic E-state index is 0.258. The maximum atomic E-state index is 5.55. The SMILES string of the molecule is CCCNc1cn2ccnc2c(NC2CCCC2OC)n1. The van der Waals surface area contributed by atoms with Crippen LogP contribution in [0.3, 0.4) is 0 Å². The third-order valence-corrected chi connectivity index (χ3v) is 4.01. The Morgan fingerprint density at radius 1 is 1.43 bits per heavy atom. The summed E-state index contributed by atoms with van der Waals surface area (Å²) in [5.74, 6) is 1.70. The van der Waals surface area contributed by atoms with Crippen LogP contribution in [0.5, 0.6) is 0 Å². The summed E-state index contributed by atoms with van der Waals surface area (Å²) in [6, 6.07) is 0.310. The van der Waals surface area contributed by atoms with E-state index in [1.807, 2.05) is 16.8 Å². The summed E-state index contributed by atoms with van der Waals surface area (Å²) in [6.07, 6.45) is 10.5. The summed E-state index contributed by atoms with van der Waals surface area (Å²) < 4.78 is 7.56. The maximum Gasteiger partial charge on any atom is 0.180 e.